The molecule has 1 aromatic heterocycles. The van der Waals surface area contributed by atoms with E-state index in [9.17, 15) is 22.0 Å². The van der Waals surface area contributed by atoms with Crippen LogP contribution >= 0.6 is 0 Å². The normalized spacial score (nSPS) is 18.8. The van der Waals surface area contributed by atoms with Gasteiger partial charge in [0.05, 0.1) is 18.7 Å². The molecule has 1 aliphatic rings. The lowest BCUT2D eigenvalue weighted by Crippen LogP contribution is -2.41. The Hall–Kier alpha value is -1.65. The molecule has 1 aliphatic heterocycles. The Morgan fingerprint density at radius 3 is 2.77 bits per heavy atom. The monoisotopic (exact) mass is 335 g/mol. The molecular weight excluding hydrogens is 320 g/mol. The van der Waals surface area contributed by atoms with Crippen LogP contribution in [0.4, 0.5) is 8.78 Å². The highest BCUT2D eigenvalue weighted by molar-refractivity contribution is 7.89. The van der Waals surface area contributed by atoms with Crippen LogP contribution in [0.1, 0.15) is 10.4 Å². The van der Waals surface area contributed by atoms with Crippen LogP contribution in [-0.4, -0.2) is 63.5 Å². The molecule has 7 nitrogen and oxygen atoms in total. The average Bonchev–Trinajstić information content (AvgIpc) is 2.67. The number of rotatable bonds is 3. The molecule has 0 atom stereocenters. The van der Waals surface area contributed by atoms with Gasteiger partial charge >= 0.3 is 0 Å². The average molecular weight is 335 g/mol. The van der Waals surface area contributed by atoms with E-state index in [0.29, 0.717) is 0 Å². The Balaban J connectivity index is 2.19. The summed E-state index contributed by atoms with van der Waals surface area (Å²) in [5.74, 6) is -3.76. The number of alkyl halides is 2. The van der Waals surface area contributed by atoms with Crippen molar-refractivity contribution in [1.29, 1.82) is 0 Å². The van der Waals surface area contributed by atoms with Crippen LogP contribution in [0.25, 0.3) is 0 Å². The maximum Gasteiger partial charge on any atom is 0.288 e. The zero-order chi connectivity index (χ0) is 16.4. The van der Waals surface area contributed by atoms with Gasteiger partial charge in [-0.25, -0.2) is 26.9 Å². The lowest BCUT2D eigenvalue weighted by molar-refractivity contribution is -0.0660. The largest absolute Gasteiger partial charge is 0.373 e. The number of hydrogen-bond donors (Lipinski definition) is 1. The highest BCUT2D eigenvalue weighted by atomic mass is 32.2. The summed E-state index contributed by atoms with van der Waals surface area (Å²) in [6.07, 6.45) is 1.05. The van der Waals surface area contributed by atoms with Gasteiger partial charge in [-0.15, -0.1) is 0 Å². The number of aromatic nitrogens is 1. The van der Waals surface area contributed by atoms with Crippen LogP contribution in [-0.2, 0) is 14.8 Å². The first kappa shape index (κ1) is 16.7. The van der Waals surface area contributed by atoms with Gasteiger partial charge in [0.1, 0.15) is 6.61 Å². The third kappa shape index (κ3) is 3.76. The molecule has 2 heterocycles. The van der Waals surface area contributed by atoms with Gasteiger partial charge in [0.15, 0.2) is 5.03 Å². The summed E-state index contributed by atoms with van der Waals surface area (Å²) < 4.78 is 56.8. The number of carbonyl (C=O) groups is 1. The minimum absolute atomic E-state index is 0.0149. The topological polar surface area (TPSA) is 88.6 Å². The summed E-state index contributed by atoms with van der Waals surface area (Å²) in [6, 6.07) is 2.38. The van der Waals surface area contributed by atoms with Crippen molar-refractivity contribution in [2.24, 2.45) is 0 Å². The number of hydrogen-bond acceptors (Lipinski definition) is 5. The molecule has 0 unspecified atom stereocenters. The second kappa shape index (κ2) is 6.23. The molecule has 1 saturated heterocycles. The van der Waals surface area contributed by atoms with Crippen LogP contribution in [0, 0.1) is 0 Å². The van der Waals surface area contributed by atoms with Gasteiger partial charge in [0.2, 0.25) is 0 Å². The Morgan fingerprint density at radius 2 is 2.18 bits per heavy atom. The van der Waals surface area contributed by atoms with Crippen molar-refractivity contribution in [2.75, 3.05) is 33.4 Å². The molecule has 0 spiro atoms. The maximum atomic E-state index is 13.4. The van der Waals surface area contributed by atoms with E-state index in [0.717, 1.165) is 17.2 Å². The van der Waals surface area contributed by atoms with Crippen molar-refractivity contribution in [3.63, 3.8) is 0 Å². The van der Waals surface area contributed by atoms with E-state index in [1.807, 2.05) is 0 Å². The summed E-state index contributed by atoms with van der Waals surface area (Å²) in [4.78, 5) is 16.9. The first-order valence-electron chi connectivity index (χ1n) is 6.40. The van der Waals surface area contributed by atoms with Gasteiger partial charge in [-0.05, 0) is 19.2 Å². The second-order valence-corrected chi connectivity index (χ2v) is 6.56. The Bertz CT molecular complexity index is 649. The van der Waals surface area contributed by atoms with Crippen LogP contribution < -0.4 is 4.72 Å². The Kier molecular flexibility index (Phi) is 4.73. The number of halogens is 2. The van der Waals surface area contributed by atoms with Gasteiger partial charge in [0.25, 0.3) is 21.9 Å². The van der Waals surface area contributed by atoms with Crippen molar-refractivity contribution >= 4 is 15.9 Å². The van der Waals surface area contributed by atoms with Crippen molar-refractivity contribution < 1.29 is 26.7 Å². The van der Waals surface area contributed by atoms with E-state index in [1.54, 1.807) is 0 Å². The fraction of sp³-hybridized carbons (Fsp3) is 0.500. The van der Waals surface area contributed by atoms with E-state index >= 15 is 0 Å². The smallest absolute Gasteiger partial charge is 0.288 e. The number of nitrogens with zero attached hydrogens (tertiary/aromatic N) is 2. The van der Waals surface area contributed by atoms with E-state index < -0.39 is 35.0 Å². The SMILES string of the molecule is CNS(=O)(=O)c1ccc(C(=O)N2CCOCC(F)(F)C2)cn1. The van der Waals surface area contributed by atoms with Crippen molar-refractivity contribution in [1.82, 2.24) is 14.6 Å². The highest BCUT2D eigenvalue weighted by Gasteiger charge is 2.36. The van der Waals surface area contributed by atoms with Crippen molar-refractivity contribution in [2.45, 2.75) is 10.9 Å². The standard InChI is InChI=1S/C12H15F2N3O4S/c1-15-22(19,20)10-3-2-9(6-16-10)11(18)17-4-5-21-8-12(13,14)7-17/h2-3,6,15H,4-5,7-8H2,1H3. The third-order valence-corrected chi connectivity index (χ3v) is 4.39. The Labute approximate surface area is 126 Å². The molecule has 1 amide bonds. The summed E-state index contributed by atoms with van der Waals surface area (Å²) >= 11 is 0. The summed E-state index contributed by atoms with van der Waals surface area (Å²) in [5, 5.41) is -0.254. The molecule has 0 bridgehead atoms. The van der Waals surface area contributed by atoms with E-state index in [4.69, 9.17) is 4.74 Å². The zero-order valence-electron chi connectivity index (χ0n) is 11.8. The minimum atomic E-state index is -3.72. The maximum absolute atomic E-state index is 13.4. The van der Waals surface area contributed by atoms with Gasteiger partial charge < -0.3 is 9.64 Å². The molecule has 1 aromatic rings. The van der Waals surface area contributed by atoms with Gasteiger partial charge in [-0.3, -0.25) is 4.79 Å². The van der Waals surface area contributed by atoms with Crippen LogP contribution in [0.15, 0.2) is 23.4 Å². The van der Waals surface area contributed by atoms with E-state index in [-0.39, 0.29) is 23.7 Å². The van der Waals surface area contributed by atoms with E-state index in [2.05, 4.69) is 9.71 Å². The minimum Gasteiger partial charge on any atom is -0.373 e. The van der Waals surface area contributed by atoms with E-state index in [1.165, 1.54) is 13.1 Å². The second-order valence-electron chi connectivity index (χ2n) is 4.73. The molecule has 10 heteroatoms. The number of sulfonamides is 1. The molecule has 1 fully saturated rings. The predicted molar refractivity (Wildman–Crippen MR) is 72.2 cm³/mol. The fourth-order valence-electron chi connectivity index (χ4n) is 1.93. The number of amides is 1. The molecule has 0 saturated carbocycles. The summed E-state index contributed by atoms with van der Waals surface area (Å²) in [7, 11) is -2.48. The lowest BCUT2D eigenvalue weighted by atomic mass is 10.2. The Morgan fingerprint density at radius 1 is 1.45 bits per heavy atom. The predicted octanol–water partition coefficient (Wildman–Crippen LogP) is 0.0974. The fourth-order valence-corrected chi connectivity index (χ4v) is 2.57. The lowest BCUT2D eigenvalue weighted by Gasteiger charge is -2.23. The molecule has 0 aromatic carbocycles. The number of nitrogens with one attached hydrogen (secondary N) is 1. The van der Waals surface area contributed by atoms with Gasteiger partial charge in [0, 0.05) is 12.7 Å². The summed E-state index contributed by atoms with van der Waals surface area (Å²) in [5.41, 5.74) is 0.0350. The molecular formula is C12H15F2N3O4S. The van der Waals surface area contributed by atoms with Crippen LogP contribution in [0.5, 0.6) is 0 Å². The molecule has 2 rings (SSSR count). The quantitative estimate of drug-likeness (QED) is 0.846. The zero-order valence-corrected chi connectivity index (χ0v) is 12.6. The van der Waals surface area contributed by atoms with Gasteiger partial charge in [-0.2, -0.15) is 0 Å². The van der Waals surface area contributed by atoms with Crippen LogP contribution in [0.2, 0.25) is 0 Å². The molecule has 122 valence electrons. The number of ether oxygens (including phenoxy) is 1. The first-order chi connectivity index (χ1) is 10.2. The number of pyridine rings is 1. The molecule has 22 heavy (non-hydrogen) atoms. The van der Waals surface area contributed by atoms with Gasteiger partial charge in [-0.1, -0.05) is 0 Å². The van der Waals surface area contributed by atoms with Crippen molar-refractivity contribution in [3.8, 4) is 0 Å². The first-order valence-corrected chi connectivity index (χ1v) is 7.88. The molecule has 0 radical (unpaired) electrons. The third-order valence-electron chi connectivity index (χ3n) is 3.06. The van der Waals surface area contributed by atoms with Crippen molar-refractivity contribution in [3.05, 3.63) is 23.9 Å². The molecule has 1 N–H and O–H groups in total. The number of carbonyl (C=O) groups excluding carboxylic acids is 1. The summed E-state index contributed by atoms with van der Waals surface area (Å²) in [6.45, 7) is -1.43. The highest BCUT2D eigenvalue weighted by Crippen LogP contribution is 2.20. The van der Waals surface area contributed by atoms with Crippen LogP contribution in [0.3, 0.4) is 0 Å². The molecule has 0 aliphatic carbocycles.